The molecule has 0 spiro atoms. The Kier molecular flexibility index (Phi) is 12.9. The van der Waals surface area contributed by atoms with Crippen molar-refractivity contribution in [3.8, 4) is 17.2 Å². The smallest absolute Gasteiger partial charge is 0.410 e. The molecule has 10 heteroatoms. The predicted molar refractivity (Wildman–Crippen MR) is 155 cm³/mol. The lowest BCUT2D eigenvalue weighted by molar-refractivity contribution is 0.188. The van der Waals surface area contributed by atoms with E-state index in [1.165, 1.54) is 50.3 Å². The lowest BCUT2D eigenvalue weighted by Crippen LogP contribution is -2.38. The Morgan fingerprint density at radius 3 is 1.02 bits per heavy atom. The molecule has 3 amide bonds. The van der Waals surface area contributed by atoms with Gasteiger partial charge < -0.3 is 34.9 Å². The van der Waals surface area contributed by atoms with E-state index in [1.54, 1.807) is 0 Å². The zero-order valence-corrected chi connectivity index (χ0v) is 24.3. The molecule has 1 aromatic carbocycles. The van der Waals surface area contributed by atoms with Gasteiger partial charge in [0.25, 0.3) is 0 Å². The summed E-state index contributed by atoms with van der Waals surface area (Å²) < 4.78 is 21.4. The van der Waals surface area contributed by atoms with Gasteiger partial charge in [-0.1, -0.05) is 57.8 Å². The normalized spacial score (nSPS) is 20.2. The van der Waals surface area contributed by atoms with Gasteiger partial charge in [0, 0.05) is 49.5 Å². The minimum atomic E-state index is -0.580. The molecule has 1 aromatic rings. The molecule has 1 aliphatic heterocycles. The van der Waals surface area contributed by atoms with E-state index in [2.05, 4.69) is 16.0 Å². The maximum Gasteiger partial charge on any atom is 0.412 e. The fraction of sp³-hybridized carbons (Fsp3) is 0.710. The standard InChI is InChI=1S/C27H39N3O6.C4H8O/c31-25(28-19-10-4-1-5-11-19)34-22-16-23(35-26(32)29-20-12-6-2-7-13-20)18-24(17-22)36-27(33)30-21-14-8-3-9-15-21;1-2-4-5-3-1/h16-21H,1-15H2,(H,28,31)(H,29,32)(H,30,33);1-4H2. The van der Waals surface area contributed by atoms with Crippen LogP contribution >= 0.6 is 0 Å². The van der Waals surface area contributed by atoms with Gasteiger partial charge >= 0.3 is 18.3 Å². The molecule has 0 radical (unpaired) electrons. The fourth-order valence-electron chi connectivity index (χ4n) is 5.88. The van der Waals surface area contributed by atoms with E-state index in [4.69, 9.17) is 18.9 Å². The van der Waals surface area contributed by atoms with Crippen LogP contribution in [0.25, 0.3) is 0 Å². The van der Waals surface area contributed by atoms with Crippen molar-refractivity contribution in [1.82, 2.24) is 16.0 Å². The average molecular weight is 574 g/mol. The topological polar surface area (TPSA) is 124 Å². The minimum absolute atomic E-state index is 0.0870. The Hall–Kier alpha value is -3.01. The van der Waals surface area contributed by atoms with Crippen molar-refractivity contribution in [1.29, 1.82) is 0 Å². The van der Waals surface area contributed by atoms with Crippen molar-refractivity contribution >= 4 is 18.3 Å². The highest BCUT2D eigenvalue weighted by molar-refractivity contribution is 5.74. The molecule has 41 heavy (non-hydrogen) atoms. The molecule has 4 fully saturated rings. The molecule has 10 nitrogen and oxygen atoms in total. The zero-order valence-electron chi connectivity index (χ0n) is 24.3. The number of carbonyl (C=O) groups is 3. The third-order valence-corrected chi connectivity index (χ3v) is 8.09. The molecule has 0 atom stereocenters. The number of hydrogen-bond acceptors (Lipinski definition) is 7. The van der Waals surface area contributed by atoms with Crippen LogP contribution in [0.2, 0.25) is 0 Å². The van der Waals surface area contributed by atoms with Crippen LogP contribution in [0, 0.1) is 0 Å². The molecule has 0 aromatic heterocycles. The fourth-order valence-corrected chi connectivity index (χ4v) is 5.88. The van der Waals surface area contributed by atoms with Crippen LogP contribution in [-0.2, 0) is 4.74 Å². The van der Waals surface area contributed by atoms with Crippen molar-refractivity contribution in [2.24, 2.45) is 0 Å². The summed E-state index contributed by atoms with van der Waals surface area (Å²) in [5, 5.41) is 8.68. The molecule has 0 unspecified atom stereocenters. The van der Waals surface area contributed by atoms with Crippen LogP contribution in [0.5, 0.6) is 17.2 Å². The lowest BCUT2D eigenvalue weighted by atomic mass is 9.96. The van der Waals surface area contributed by atoms with E-state index in [-0.39, 0.29) is 35.4 Å². The molecule has 1 heterocycles. The summed E-state index contributed by atoms with van der Waals surface area (Å²) in [6.45, 7) is 2.00. The van der Waals surface area contributed by atoms with Crippen LogP contribution in [0.1, 0.15) is 109 Å². The Labute approximate surface area is 243 Å². The molecule has 4 aliphatic rings. The summed E-state index contributed by atoms with van der Waals surface area (Å²) >= 11 is 0. The van der Waals surface area contributed by atoms with Gasteiger partial charge in [-0.25, -0.2) is 14.4 Å². The molecule has 3 N–H and O–H groups in total. The number of amides is 3. The summed E-state index contributed by atoms with van der Waals surface area (Å²) in [5.74, 6) is 0.394. The summed E-state index contributed by atoms with van der Waals surface area (Å²) in [6.07, 6.45) is 16.4. The van der Waals surface area contributed by atoms with Gasteiger partial charge in [0.2, 0.25) is 0 Å². The van der Waals surface area contributed by atoms with Crippen LogP contribution in [-0.4, -0.2) is 49.6 Å². The third-order valence-electron chi connectivity index (χ3n) is 8.09. The van der Waals surface area contributed by atoms with E-state index in [9.17, 15) is 14.4 Å². The number of hydrogen-bond donors (Lipinski definition) is 3. The van der Waals surface area contributed by atoms with Crippen LogP contribution in [0.15, 0.2) is 18.2 Å². The Morgan fingerprint density at radius 2 is 0.780 bits per heavy atom. The summed E-state index contributed by atoms with van der Waals surface area (Å²) in [6, 6.07) is 4.61. The van der Waals surface area contributed by atoms with E-state index in [0.717, 1.165) is 90.3 Å². The highest BCUT2D eigenvalue weighted by Crippen LogP contribution is 2.29. The Bertz CT molecular complexity index is 832. The molecule has 0 bridgehead atoms. The third kappa shape index (κ3) is 11.8. The largest absolute Gasteiger partial charge is 0.412 e. The highest BCUT2D eigenvalue weighted by atomic mass is 16.6. The van der Waals surface area contributed by atoms with Crippen LogP contribution in [0.4, 0.5) is 14.4 Å². The van der Waals surface area contributed by atoms with Gasteiger partial charge in [-0.2, -0.15) is 0 Å². The molecule has 228 valence electrons. The van der Waals surface area contributed by atoms with Crippen molar-refractivity contribution in [2.45, 2.75) is 127 Å². The van der Waals surface area contributed by atoms with Crippen molar-refractivity contribution < 1.29 is 33.3 Å². The second-order valence-electron chi connectivity index (χ2n) is 11.6. The maximum atomic E-state index is 12.5. The van der Waals surface area contributed by atoms with Gasteiger partial charge in [-0.3, -0.25) is 0 Å². The first-order chi connectivity index (χ1) is 20.0. The van der Waals surface area contributed by atoms with Gasteiger partial charge in [0.05, 0.1) is 0 Å². The number of rotatable bonds is 6. The monoisotopic (exact) mass is 573 g/mol. The zero-order chi connectivity index (χ0) is 28.7. The van der Waals surface area contributed by atoms with Crippen molar-refractivity contribution in [2.75, 3.05) is 13.2 Å². The van der Waals surface area contributed by atoms with Gasteiger partial charge in [0.1, 0.15) is 17.2 Å². The van der Waals surface area contributed by atoms with Gasteiger partial charge in [-0.05, 0) is 51.4 Å². The summed E-state index contributed by atoms with van der Waals surface area (Å²) in [7, 11) is 0. The number of ether oxygens (including phenoxy) is 4. The number of carbonyl (C=O) groups excluding carboxylic acids is 3. The first kappa shape index (κ1) is 30.9. The van der Waals surface area contributed by atoms with E-state index >= 15 is 0 Å². The Balaban J connectivity index is 0.000000699. The first-order valence-corrected chi connectivity index (χ1v) is 15.7. The van der Waals surface area contributed by atoms with Crippen molar-refractivity contribution in [3.63, 3.8) is 0 Å². The number of benzene rings is 1. The second kappa shape index (κ2) is 17.1. The average Bonchev–Trinajstić information content (AvgIpc) is 3.55. The summed E-state index contributed by atoms with van der Waals surface area (Å²) in [4.78, 5) is 37.5. The van der Waals surface area contributed by atoms with Crippen LogP contribution < -0.4 is 30.2 Å². The SMILES string of the molecule is C1CCOC1.O=C(NC1CCCCC1)Oc1cc(OC(=O)NC2CCCCC2)cc(OC(=O)NC2CCCCC2)c1. The quantitative estimate of drug-likeness (QED) is 0.344. The predicted octanol–water partition coefficient (Wildman–Crippen LogP) is 6.75. The molecule has 1 saturated heterocycles. The van der Waals surface area contributed by atoms with E-state index in [1.807, 2.05) is 0 Å². The van der Waals surface area contributed by atoms with Crippen molar-refractivity contribution in [3.05, 3.63) is 18.2 Å². The molecule has 3 aliphatic carbocycles. The first-order valence-electron chi connectivity index (χ1n) is 15.7. The van der Waals surface area contributed by atoms with E-state index < -0.39 is 18.3 Å². The maximum absolute atomic E-state index is 12.5. The second-order valence-corrected chi connectivity index (χ2v) is 11.6. The molecular formula is C31H47N3O7. The number of nitrogens with one attached hydrogen (secondary N) is 3. The van der Waals surface area contributed by atoms with Gasteiger partial charge in [0.15, 0.2) is 0 Å². The van der Waals surface area contributed by atoms with Crippen LogP contribution in [0.3, 0.4) is 0 Å². The highest BCUT2D eigenvalue weighted by Gasteiger charge is 2.21. The molecule has 3 saturated carbocycles. The molecule has 5 rings (SSSR count). The van der Waals surface area contributed by atoms with Gasteiger partial charge in [-0.15, -0.1) is 0 Å². The van der Waals surface area contributed by atoms with E-state index in [0.29, 0.717) is 0 Å². The lowest BCUT2D eigenvalue weighted by Gasteiger charge is -2.23. The minimum Gasteiger partial charge on any atom is -0.410 e. The summed E-state index contributed by atoms with van der Waals surface area (Å²) in [5.41, 5.74) is 0. The Morgan fingerprint density at radius 1 is 0.488 bits per heavy atom. The molecular weight excluding hydrogens is 526 g/mol.